The van der Waals surface area contributed by atoms with E-state index < -0.39 is 0 Å². The molecule has 0 spiro atoms. The molecule has 1 heterocycles. The highest BCUT2D eigenvalue weighted by Gasteiger charge is 2.07. The van der Waals surface area contributed by atoms with E-state index in [2.05, 4.69) is 10.3 Å². The first kappa shape index (κ1) is 19.3. The number of ether oxygens (including phenoxy) is 1. The van der Waals surface area contributed by atoms with Crippen LogP contribution in [0.4, 0.5) is 4.39 Å². The molecule has 0 saturated heterocycles. The summed E-state index contributed by atoms with van der Waals surface area (Å²) in [6, 6.07) is 17.2. The minimum atomic E-state index is -0.296. The standard InChI is InChI=1S/C23H21FN2O2/c1-17(20-7-9-21(24)10-8-20)26-23(27)13-6-18-4-11-22(12-5-18)28-16-19-3-2-14-25-15-19/h2-15,17H,16H2,1H3,(H,26,27). The molecule has 0 aliphatic carbocycles. The lowest BCUT2D eigenvalue weighted by Gasteiger charge is -2.12. The lowest BCUT2D eigenvalue weighted by atomic mass is 10.1. The molecule has 0 bridgehead atoms. The van der Waals surface area contributed by atoms with Crippen molar-refractivity contribution in [1.29, 1.82) is 0 Å². The number of amides is 1. The highest BCUT2D eigenvalue weighted by Crippen LogP contribution is 2.16. The molecule has 0 aliphatic heterocycles. The number of hydrogen-bond donors (Lipinski definition) is 1. The fourth-order valence-corrected chi connectivity index (χ4v) is 2.59. The molecule has 1 N–H and O–H groups in total. The van der Waals surface area contributed by atoms with Gasteiger partial charge in [0.1, 0.15) is 18.2 Å². The molecule has 4 nitrogen and oxygen atoms in total. The molecule has 3 rings (SSSR count). The lowest BCUT2D eigenvalue weighted by molar-refractivity contribution is -0.117. The van der Waals surface area contributed by atoms with Crippen molar-refractivity contribution < 1.29 is 13.9 Å². The summed E-state index contributed by atoms with van der Waals surface area (Å²) in [5, 5.41) is 2.86. The summed E-state index contributed by atoms with van der Waals surface area (Å²) in [5.74, 6) is 0.235. The molecule has 3 aromatic rings. The molecule has 142 valence electrons. The van der Waals surface area contributed by atoms with E-state index in [-0.39, 0.29) is 17.8 Å². The number of pyridine rings is 1. The number of carbonyl (C=O) groups excluding carboxylic acids is 1. The van der Waals surface area contributed by atoms with Crippen LogP contribution in [0.5, 0.6) is 5.75 Å². The van der Waals surface area contributed by atoms with Crippen molar-refractivity contribution >= 4 is 12.0 Å². The highest BCUT2D eigenvalue weighted by atomic mass is 19.1. The molecule has 1 unspecified atom stereocenters. The fraction of sp³-hybridized carbons (Fsp3) is 0.130. The first-order valence-corrected chi connectivity index (χ1v) is 8.96. The Kier molecular flexibility index (Phi) is 6.52. The van der Waals surface area contributed by atoms with Crippen LogP contribution in [0.2, 0.25) is 0 Å². The molecular weight excluding hydrogens is 355 g/mol. The van der Waals surface area contributed by atoms with Crippen LogP contribution in [-0.2, 0) is 11.4 Å². The monoisotopic (exact) mass is 376 g/mol. The van der Waals surface area contributed by atoms with Gasteiger partial charge in [-0.2, -0.15) is 0 Å². The van der Waals surface area contributed by atoms with Gasteiger partial charge in [0.15, 0.2) is 0 Å². The Morgan fingerprint density at radius 2 is 1.89 bits per heavy atom. The van der Waals surface area contributed by atoms with Crippen LogP contribution in [0.25, 0.3) is 6.08 Å². The third-order valence-electron chi connectivity index (χ3n) is 4.16. The van der Waals surface area contributed by atoms with Crippen molar-refractivity contribution in [2.75, 3.05) is 0 Å². The molecule has 28 heavy (non-hydrogen) atoms. The minimum absolute atomic E-state index is 0.207. The predicted octanol–water partition coefficient (Wildman–Crippen LogP) is 4.69. The third kappa shape index (κ3) is 5.77. The van der Waals surface area contributed by atoms with Gasteiger partial charge in [-0.1, -0.05) is 30.3 Å². The molecule has 0 aliphatic rings. The Labute approximate surface area is 163 Å². The predicted molar refractivity (Wildman–Crippen MR) is 107 cm³/mol. The van der Waals surface area contributed by atoms with Gasteiger partial charge in [-0.15, -0.1) is 0 Å². The van der Waals surface area contributed by atoms with Gasteiger partial charge >= 0.3 is 0 Å². The number of nitrogens with one attached hydrogen (secondary N) is 1. The van der Waals surface area contributed by atoms with Crippen molar-refractivity contribution in [3.63, 3.8) is 0 Å². The Bertz CT molecular complexity index is 923. The molecule has 2 aromatic carbocycles. The average Bonchev–Trinajstić information content (AvgIpc) is 2.72. The average molecular weight is 376 g/mol. The summed E-state index contributed by atoms with van der Waals surface area (Å²) in [5.41, 5.74) is 2.73. The lowest BCUT2D eigenvalue weighted by Crippen LogP contribution is -2.24. The van der Waals surface area contributed by atoms with Crippen LogP contribution in [0.3, 0.4) is 0 Å². The number of nitrogens with zero attached hydrogens (tertiary/aromatic N) is 1. The van der Waals surface area contributed by atoms with Gasteiger partial charge < -0.3 is 10.1 Å². The molecule has 1 aromatic heterocycles. The molecule has 1 atom stereocenters. The van der Waals surface area contributed by atoms with E-state index >= 15 is 0 Å². The first-order chi connectivity index (χ1) is 13.6. The topological polar surface area (TPSA) is 51.2 Å². The second-order valence-corrected chi connectivity index (χ2v) is 6.33. The zero-order valence-electron chi connectivity index (χ0n) is 15.5. The van der Waals surface area contributed by atoms with Crippen molar-refractivity contribution in [2.45, 2.75) is 19.6 Å². The molecule has 0 saturated carbocycles. The second-order valence-electron chi connectivity index (χ2n) is 6.33. The summed E-state index contributed by atoms with van der Waals surface area (Å²) in [6.07, 6.45) is 6.70. The van der Waals surface area contributed by atoms with Crippen LogP contribution in [-0.4, -0.2) is 10.9 Å². The van der Waals surface area contributed by atoms with Crippen LogP contribution in [0.15, 0.2) is 79.1 Å². The van der Waals surface area contributed by atoms with Gasteiger partial charge in [-0.05, 0) is 54.5 Å². The van der Waals surface area contributed by atoms with E-state index in [1.807, 2.05) is 43.3 Å². The Balaban J connectivity index is 1.50. The zero-order valence-corrected chi connectivity index (χ0v) is 15.5. The van der Waals surface area contributed by atoms with Gasteiger partial charge in [-0.3, -0.25) is 9.78 Å². The van der Waals surface area contributed by atoms with E-state index in [1.54, 1.807) is 30.6 Å². The van der Waals surface area contributed by atoms with Crippen LogP contribution in [0.1, 0.15) is 29.7 Å². The largest absolute Gasteiger partial charge is 0.489 e. The van der Waals surface area contributed by atoms with E-state index in [0.717, 1.165) is 22.4 Å². The molecule has 5 heteroatoms. The van der Waals surface area contributed by atoms with Crippen LogP contribution in [0, 0.1) is 5.82 Å². The minimum Gasteiger partial charge on any atom is -0.489 e. The SMILES string of the molecule is CC(NC(=O)C=Cc1ccc(OCc2cccnc2)cc1)c1ccc(F)cc1. The number of aromatic nitrogens is 1. The molecular formula is C23H21FN2O2. The summed E-state index contributed by atoms with van der Waals surface area (Å²) in [7, 11) is 0. The maximum atomic E-state index is 13.0. The summed E-state index contributed by atoms with van der Waals surface area (Å²) in [4.78, 5) is 16.1. The third-order valence-corrected chi connectivity index (χ3v) is 4.16. The van der Waals surface area contributed by atoms with Gasteiger partial charge in [0.05, 0.1) is 6.04 Å². The number of carbonyl (C=O) groups is 1. The highest BCUT2D eigenvalue weighted by molar-refractivity contribution is 5.91. The van der Waals surface area contributed by atoms with Crippen molar-refractivity contribution in [1.82, 2.24) is 10.3 Å². The van der Waals surface area contributed by atoms with E-state index in [0.29, 0.717) is 6.61 Å². The van der Waals surface area contributed by atoms with Crippen LogP contribution < -0.4 is 10.1 Å². The molecule has 0 fully saturated rings. The Morgan fingerprint density at radius 3 is 2.57 bits per heavy atom. The van der Waals surface area contributed by atoms with Gasteiger partial charge in [0, 0.05) is 24.0 Å². The smallest absolute Gasteiger partial charge is 0.244 e. The number of benzene rings is 2. The maximum absolute atomic E-state index is 13.0. The number of hydrogen-bond acceptors (Lipinski definition) is 3. The summed E-state index contributed by atoms with van der Waals surface area (Å²) >= 11 is 0. The normalized spacial score (nSPS) is 11.9. The Hall–Kier alpha value is -3.47. The molecule has 0 radical (unpaired) electrons. The van der Waals surface area contributed by atoms with Crippen molar-refractivity contribution in [2.24, 2.45) is 0 Å². The van der Waals surface area contributed by atoms with E-state index in [4.69, 9.17) is 4.74 Å². The fourth-order valence-electron chi connectivity index (χ4n) is 2.59. The van der Waals surface area contributed by atoms with Gasteiger partial charge in [0.2, 0.25) is 5.91 Å². The zero-order chi connectivity index (χ0) is 19.8. The van der Waals surface area contributed by atoms with E-state index in [9.17, 15) is 9.18 Å². The van der Waals surface area contributed by atoms with Crippen molar-refractivity contribution in [3.05, 3.63) is 102 Å². The number of halogens is 1. The van der Waals surface area contributed by atoms with Gasteiger partial charge in [0.25, 0.3) is 0 Å². The van der Waals surface area contributed by atoms with E-state index in [1.165, 1.54) is 18.2 Å². The van der Waals surface area contributed by atoms with Gasteiger partial charge in [-0.25, -0.2) is 4.39 Å². The summed E-state index contributed by atoms with van der Waals surface area (Å²) < 4.78 is 18.7. The molecule has 1 amide bonds. The maximum Gasteiger partial charge on any atom is 0.244 e. The van der Waals surface area contributed by atoms with Crippen molar-refractivity contribution in [3.8, 4) is 5.75 Å². The Morgan fingerprint density at radius 1 is 1.14 bits per heavy atom. The summed E-state index contributed by atoms with van der Waals surface area (Å²) in [6.45, 7) is 2.31. The second kappa shape index (κ2) is 9.46. The quantitative estimate of drug-likeness (QED) is 0.609. The first-order valence-electron chi connectivity index (χ1n) is 8.96. The van der Waals surface area contributed by atoms with Crippen LogP contribution >= 0.6 is 0 Å². The number of rotatable bonds is 7.